The van der Waals surface area contributed by atoms with Crippen molar-refractivity contribution in [2.24, 2.45) is 5.92 Å². The molecule has 1 aromatic heterocycles. The average Bonchev–Trinajstić information content (AvgIpc) is 3.19. The molecule has 1 fully saturated rings. The largest absolute Gasteiger partial charge is 0.497 e. The Hall–Kier alpha value is -2.79. The molecule has 0 radical (unpaired) electrons. The molecule has 0 aliphatic carbocycles. The van der Waals surface area contributed by atoms with Gasteiger partial charge in [0.15, 0.2) is 0 Å². The number of benzene rings is 2. The number of carbonyl (C=O) groups excluding carboxylic acids is 1. The molecule has 1 aliphatic rings. The van der Waals surface area contributed by atoms with Crippen molar-refractivity contribution in [1.29, 1.82) is 0 Å². The summed E-state index contributed by atoms with van der Waals surface area (Å²) in [5, 5.41) is 5.36. The van der Waals surface area contributed by atoms with Gasteiger partial charge in [0.25, 0.3) is 5.91 Å². The highest BCUT2D eigenvalue weighted by Gasteiger charge is 2.26. The van der Waals surface area contributed by atoms with Crippen molar-refractivity contribution in [2.45, 2.75) is 19.8 Å². The minimum atomic E-state index is -0.00137. The second-order valence-electron chi connectivity index (χ2n) is 7.51. The summed E-state index contributed by atoms with van der Waals surface area (Å²) in [5.74, 6) is 1.40. The lowest BCUT2D eigenvalue weighted by Crippen LogP contribution is -2.38. The molecule has 6 heteroatoms. The van der Waals surface area contributed by atoms with Crippen LogP contribution in [0, 0.1) is 5.92 Å². The molecule has 4 rings (SSSR count). The quantitative estimate of drug-likeness (QED) is 0.604. The first kappa shape index (κ1) is 19.5. The third-order valence-electron chi connectivity index (χ3n) is 5.42. The molecular weight excluding hydrogens is 386 g/mol. The first-order valence-electron chi connectivity index (χ1n) is 9.85. The molecule has 5 nitrogen and oxygen atoms in total. The van der Waals surface area contributed by atoms with Crippen molar-refractivity contribution in [3.63, 3.8) is 0 Å². The Morgan fingerprint density at radius 1 is 1.10 bits per heavy atom. The van der Waals surface area contributed by atoms with Crippen LogP contribution in [0.4, 0.5) is 0 Å². The third kappa shape index (κ3) is 4.15. The topological polar surface area (TPSA) is 47.4 Å². The van der Waals surface area contributed by atoms with Crippen LogP contribution in [0.3, 0.4) is 0 Å². The van der Waals surface area contributed by atoms with E-state index in [-0.39, 0.29) is 5.91 Å². The summed E-state index contributed by atoms with van der Waals surface area (Å²) < 4.78 is 7.03. The summed E-state index contributed by atoms with van der Waals surface area (Å²) in [7, 11) is 1.63. The molecule has 0 saturated carbocycles. The summed E-state index contributed by atoms with van der Waals surface area (Å²) in [5.41, 5.74) is 2.92. The molecule has 0 atom stereocenters. The number of methoxy groups -OCH3 is 1. The first-order chi connectivity index (χ1) is 14.0. The van der Waals surface area contributed by atoms with Gasteiger partial charge in [-0.3, -0.25) is 4.79 Å². The normalized spacial score (nSPS) is 14.8. The summed E-state index contributed by atoms with van der Waals surface area (Å²) in [4.78, 5) is 15.3. The molecule has 0 bridgehead atoms. The van der Waals surface area contributed by atoms with Gasteiger partial charge in [-0.2, -0.15) is 5.10 Å². The Balaban J connectivity index is 1.77. The molecule has 150 valence electrons. The summed E-state index contributed by atoms with van der Waals surface area (Å²) in [6.07, 6.45) is 2.06. The van der Waals surface area contributed by atoms with Gasteiger partial charge in [-0.25, -0.2) is 4.68 Å². The number of hydrogen-bond donors (Lipinski definition) is 0. The third-order valence-corrected chi connectivity index (χ3v) is 5.65. The molecule has 0 unspecified atom stereocenters. The highest BCUT2D eigenvalue weighted by Crippen LogP contribution is 2.27. The van der Waals surface area contributed by atoms with Crippen LogP contribution in [0.15, 0.2) is 54.6 Å². The molecule has 1 saturated heterocycles. The minimum absolute atomic E-state index is 0.00137. The van der Waals surface area contributed by atoms with Crippen molar-refractivity contribution < 1.29 is 9.53 Å². The number of nitrogens with zero attached hydrogens (tertiary/aromatic N) is 3. The van der Waals surface area contributed by atoms with Crippen LogP contribution in [-0.4, -0.2) is 40.8 Å². The van der Waals surface area contributed by atoms with Crippen molar-refractivity contribution in [2.75, 3.05) is 20.2 Å². The van der Waals surface area contributed by atoms with Crippen LogP contribution >= 0.6 is 11.6 Å². The van der Waals surface area contributed by atoms with Crippen LogP contribution in [0.1, 0.15) is 30.3 Å². The van der Waals surface area contributed by atoms with Crippen LogP contribution in [0.25, 0.3) is 16.9 Å². The monoisotopic (exact) mass is 409 g/mol. The number of hydrogen-bond acceptors (Lipinski definition) is 3. The lowest BCUT2D eigenvalue weighted by Gasteiger charge is -2.30. The zero-order chi connectivity index (χ0) is 20.4. The van der Waals surface area contributed by atoms with Crippen LogP contribution < -0.4 is 4.74 Å². The van der Waals surface area contributed by atoms with Gasteiger partial charge in [-0.1, -0.05) is 36.7 Å². The van der Waals surface area contributed by atoms with Crippen LogP contribution in [0.2, 0.25) is 5.02 Å². The lowest BCUT2D eigenvalue weighted by atomic mass is 9.99. The zero-order valence-electron chi connectivity index (χ0n) is 16.6. The fraction of sp³-hybridized carbons (Fsp3) is 0.304. The second kappa shape index (κ2) is 8.29. The fourth-order valence-electron chi connectivity index (χ4n) is 3.64. The maximum Gasteiger partial charge on any atom is 0.272 e. The summed E-state index contributed by atoms with van der Waals surface area (Å²) in [6, 6.07) is 16.9. The number of ether oxygens (including phenoxy) is 1. The minimum Gasteiger partial charge on any atom is -0.497 e. The van der Waals surface area contributed by atoms with Gasteiger partial charge >= 0.3 is 0 Å². The van der Waals surface area contributed by atoms with E-state index in [4.69, 9.17) is 21.4 Å². The predicted octanol–water partition coefficient (Wildman–Crippen LogP) is 5.07. The molecule has 2 aromatic carbocycles. The van der Waals surface area contributed by atoms with Gasteiger partial charge < -0.3 is 9.64 Å². The van der Waals surface area contributed by atoms with Crippen molar-refractivity contribution >= 4 is 17.5 Å². The average molecular weight is 410 g/mol. The van der Waals surface area contributed by atoms with E-state index in [1.807, 2.05) is 59.5 Å². The van der Waals surface area contributed by atoms with E-state index in [2.05, 4.69) is 6.92 Å². The van der Waals surface area contributed by atoms with Gasteiger partial charge in [0.05, 0.1) is 18.5 Å². The number of halogens is 1. The van der Waals surface area contributed by atoms with E-state index in [0.29, 0.717) is 16.6 Å². The molecule has 0 spiro atoms. The van der Waals surface area contributed by atoms with Crippen LogP contribution in [-0.2, 0) is 0 Å². The molecule has 1 aliphatic heterocycles. The van der Waals surface area contributed by atoms with Gasteiger partial charge in [0.1, 0.15) is 11.4 Å². The number of rotatable bonds is 4. The Kier molecular flexibility index (Phi) is 5.58. The Morgan fingerprint density at radius 2 is 1.86 bits per heavy atom. The molecule has 0 N–H and O–H groups in total. The number of likely N-dealkylation sites (tertiary alicyclic amines) is 1. The number of carbonyl (C=O) groups is 1. The molecule has 2 heterocycles. The molecule has 3 aromatic rings. The van der Waals surface area contributed by atoms with Crippen molar-refractivity contribution in [3.8, 4) is 22.7 Å². The smallest absolute Gasteiger partial charge is 0.272 e. The Morgan fingerprint density at radius 3 is 2.59 bits per heavy atom. The number of aromatic nitrogens is 2. The lowest BCUT2D eigenvalue weighted by molar-refractivity contribution is 0.0688. The predicted molar refractivity (Wildman–Crippen MR) is 115 cm³/mol. The van der Waals surface area contributed by atoms with Crippen molar-refractivity contribution in [3.05, 3.63) is 65.3 Å². The first-order valence-corrected chi connectivity index (χ1v) is 10.2. The van der Waals surface area contributed by atoms with E-state index in [0.717, 1.165) is 48.6 Å². The zero-order valence-corrected chi connectivity index (χ0v) is 17.4. The second-order valence-corrected chi connectivity index (χ2v) is 7.95. The highest BCUT2D eigenvalue weighted by atomic mass is 35.5. The van der Waals surface area contributed by atoms with E-state index in [1.54, 1.807) is 11.8 Å². The molecule has 29 heavy (non-hydrogen) atoms. The van der Waals surface area contributed by atoms with Gasteiger partial charge in [-0.05, 0) is 55.2 Å². The Bertz CT molecular complexity index is 1020. The van der Waals surface area contributed by atoms with E-state index in [1.165, 1.54) is 0 Å². The summed E-state index contributed by atoms with van der Waals surface area (Å²) >= 11 is 6.20. The fourth-order valence-corrected chi connectivity index (χ4v) is 3.82. The maximum atomic E-state index is 13.4. The van der Waals surface area contributed by atoms with Gasteiger partial charge in [0.2, 0.25) is 0 Å². The number of amides is 1. The standard InChI is InChI=1S/C23H24ClN3O2/c1-16-9-11-26(12-10-16)23(28)22-15-21(17-5-3-8-20(13-17)29-2)25-27(22)19-7-4-6-18(24)14-19/h3-8,13-16H,9-12H2,1-2H3. The molecule has 1 amide bonds. The maximum absolute atomic E-state index is 13.4. The van der Waals surface area contributed by atoms with Gasteiger partial charge in [-0.15, -0.1) is 0 Å². The van der Waals surface area contributed by atoms with Gasteiger partial charge in [0, 0.05) is 23.7 Å². The van der Waals surface area contributed by atoms with Crippen molar-refractivity contribution in [1.82, 2.24) is 14.7 Å². The van der Waals surface area contributed by atoms with E-state index in [9.17, 15) is 4.79 Å². The summed E-state index contributed by atoms with van der Waals surface area (Å²) in [6.45, 7) is 3.78. The molecular formula is C23H24ClN3O2. The number of piperidine rings is 1. The van der Waals surface area contributed by atoms with E-state index < -0.39 is 0 Å². The highest BCUT2D eigenvalue weighted by molar-refractivity contribution is 6.30. The SMILES string of the molecule is COc1cccc(-c2cc(C(=O)N3CCC(C)CC3)n(-c3cccc(Cl)c3)n2)c1. The van der Waals surface area contributed by atoms with Crippen LogP contribution in [0.5, 0.6) is 5.75 Å². The van der Waals surface area contributed by atoms with E-state index >= 15 is 0 Å². The Labute approximate surface area is 175 Å².